The second-order valence-corrected chi connectivity index (χ2v) is 3.26. The molecule has 0 amide bonds. The summed E-state index contributed by atoms with van der Waals surface area (Å²) >= 11 is 0. The Morgan fingerprint density at radius 1 is 1.53 bits per heavy atom. The monoisotopic (exact) mass is 203 g/mol. The summed E-state index contributed by atoms with van der Waals surface area (Å²) in [5.74, 6) is -0.390. The lowest BCUT2D eigenvalue weighted by molar-refractivity contribution is 0.0599. The van der Waals surface area contributed by atoms with E-state index in [4.69, 9.17) is 5.26 Å². The summed E-state index contributed by atoms with van der Waals surface area (Å²) in [5, 5.41) is 8.83. The Bertz CT molecular complexity index is 430. The number of hydrogen-bond acceptors (Lipinski definition) is 3. The van der Waals surface area contributed by atoms with Crippen LogP contribution in [0.15, 0.2) is 12.1 Å². The Labute approximate surface area is 89.3 Å². The molecule has 0 aliphatic rings. The van der Waals surface area contributed by atoms with Gasteiger partial charge in [0, 0.05) is 0 Å². The molecule has 0 saturated carbocycles. The average molecular weight is 203 g/mol. The van der Waals surface area contributed by atoms with Gasteiger partial charge in [0.05, 0.1) is 24.3 Å². The molecule has 15 heavy (non-hydrogen) atoms. The lowest BCUT2D eigenvalue weighted by Gasteiger charge is -2.09. The Hall–Kier alpha value is -1.82. The molecule has 0 aromatic heterocycles. The van der Waals surface area contributed by atoms with Crippen LogP contribution in [0.25, 0.3) is 0 Å². The van der Waals surface area contributed by atoms with E-state index >= 15 is 0 Å². The van der Waals surface area contributed by atoms with Crippen LogP contribution in [-0.4, -0.2) is 13.1 Å². The van der Waals surface area contributed by atoms with Gasteiger partial charge in [-0.15, -0.1) is 0 Å². The minimum absolute atomic E-state index is 0.390. The average Bonchev–Trinajstić information content (AvgIpc) is 2.28. The van der Waals surface area contributed by atoms with E-state index in [0.717, 1.165) is 17.5 Å². The first-order valence-corrected chi connectivity index (χ1v) is 4.76. The highest BCUT2D eigenvalue weighted by Gasteiger charge is 2.13. The van der Waals surface area contributed by atoms with Crippen LogP contribution in [-0.2, 0) is 11.2 Å². The first-order chi connectivity index (χ1) is 7.13. The molecule has 1 aromatic rings. The van der Waals surface area contributed by atoms with Crippen molar-refractivity contribution in [1.82, 2.24) is 0 Å². The number of rotatable bonds is 2. The number of hydrogen-bond donors (Lipinski definition) is 0. The van der Waals surface area contributed by atoms with E-state index in [9.17, 15) is 4.79 Å². The molecule has 1 aromatic carbocycles. The van der Waals surface area contributed by atoms with Gasteiger partial charge in [-0.1, -0.05) is 6.92 Å². The van der Waals surface area contributed by atoms with Crippen molar-refractivity contribution < 1.29 is 9.53 Å². The Morgan fingerprint density at radius 3 is 2.67 bits per heavy atom. The van der Waals surface area contributed by atoms with Crippen molar-refractivity contribution in [1.29, 1.82) is 5.26 Å². The third-order valence-corrected chi connectivity index (χ3v) is 2.43. The number of ether oxygens (including phenoxy) is 1. The normalized spacial score (nSPS) is 9.47. The van der Waals surface area contributed by atoms with Gasteiger partial charge in [0.1, 0.15) is 0 Å². The van der Waals surface area contributed by atoms with Gasteiger partial charge >= 0.3 is 5.97 Å². The minimum atomic E-state index is -0.390. The fourth-order valence-electron chi connectivity index (χ4n) is 1.53. The molecule has 0 aliphatic carbocycles. The summed E-state index contributed by atoms with van der Waals surface area (Å²) in [5.41, 5.74) is 2.88. The topological polar surface area (TPSA) is 50.1 Å². The van der Waals surface area contributed by atoms with Crippen molar-refractivity contribution in [2.75, 3.05) is 7.11 Å². The van der Waals surface area contributed by atoms with Crippen LogP contribution in [0, 0.1) is 18.3 Å². The number of nitrogens with zero attached hydrogens (tertiary/aromatic N) is 1. The summed E-state index contributed by atoms with van der Waals surface area (Å²) in [4.78, 5) is 11.4. The van der Waals surface area contributed by atoms with Crippen LogP contribution in [0.2, 0.25) is 0 Å². The van der Waals surface area contributed by atoms with Gasteiger partial charge in [-0.25, -0.2) is 4.79 Å². The lowest BCUT2D eigenvalue weighted by atomic mass is 9.97. The van der Waals surface area contributed by atoms with Crippen molar-refractivity contribution in [2.24, 2.45) is 0 Å². The molecule has 0 unspecified atom stereocenters. The first kappa shape index (κ1) is 11.3. The molecule has 0 bridgehead atoms. The minimum Gasteiger partial charge on any atom is -0.465 e. The fraction of sp³-hybridized carbons (Fsp3) is 0.333. The van der Waals surface area contributed by atoms with Crippen LogP contribution in [0.4, 0.5) is 0 Å². The van der Waals surface area contributed by atoms with E-state index in [0.29, 0.717) is 11.1 Å². The second kappa shape index (κ2) is 4.61. The van der Waals surface area contributed by atoms with Crippen LogP contribution < -0.4 is 0 Å². The van der Waals surface area contributed by atoms with Gasteiger partial charge in [0.2, 0.25) is 0 Å². The number of aryl methyl sites for hydroxylation is 1. The van der Waals surface area contributed by atoms with Crippen molar-refractivity contribution in [3.63, 3.8) is 0 Å². The fourth-order valence-corrected chi connectivity index (χ4v) is 1.53. The molecular weight excluding hydrogens is 190 g/mol. The highest BCUT2D eigenvalue weighted by Crippen LogP contribution is 2.18. The Balaban J connectivity index is 3.38. The van der Waals surface area contributed by atoms with E-state index in [-0.39, 0.29) is 5.97 Å². The maximum Gasteiger partial charge on any atom is 0.338 e. The number of carbonyl (C=O) groups excluding carboxylic acids is 1. The molecule has 0 aliphatic heterocycles. The number of benzene rings is 1. The van der Waals surface area contributed by atoms with Crippen LogP contribution in [0.3, 0.4) is 0 Å². The maximum atomic E-state index is 11.4. The number of nitriles is 1. The Morgan fingerprint density at radius 2 is 2.20 bits per heavy atom. The first-order valence-electron chi connectivity index (χ1n) is 4.76. The largest absolute Gasteiger partial charge is 0.465 e. The number of carbonyl (C=O) groups is 1. The predicted octanol–water partition coefficient (Wildman–Crippen LogP) is 2.22. The van der Waals surface area contributed by atoms with Crippen molar-refractivity contribution >= 4 is 5.97 Å². The SMILES string of the molecule is CCc1cc(C#N)cc(C(=O)OC)c1C. The molecule has 3 heteroatoms. The maximum absolute atomic E-state index is 11.4. The number of esters is 1. The highest BCUT2D eigenvalue weighted by molar-refractivity contribution is 5.91. The molecule has 0 N–H and O–H groups in total. The van der Waals surface area contributed by atoms with Gasteiger partial charge in [-0.2, -0.15) is 5.26 Å². The smallest absolute Gasteiger partial charge is 0.338 e. The van der Waals surface area contributed by atoms with Gasteiger partial charge in [0.25, 0.3) is 0 Å². The number of methoxy groups -OCH3 is 1. The summed E-state index contributed by atoms with van der Waals surface area (Å²) in [6.45, 7) is 3.86. The zero-order valence-electron chi connectivity index (χ0n) is 9.13. The molecule has 0 radical (unpaired) electrons. The van der Waals surface area contributed by atoms with E-state index in [1.54, 1.807) is 6.07 Å². The molecule has 78 valence electrons. The zero-order chi connectivity index (χ0) is 11.4. The Kier molecular flexibility index (Phi) is 3.46. The molecule has 0 atom stereocenters. The summed E-state index contributed by atoms with van der Waals surface area (Å²) in [7, 11) is 1.34. The second-order valence-electron chi connectivity index (χ2n) is 3.26. The van der Waals surface area contributed by atoms with E-state index in [1.807, 2.05) is 26.0 Å². The quantitative estimate of drug-likeness (QED) is 0.692. The van der Waals surface area contributed by atoms with Gasteiger partial charge < -0.3 is 4.74 Å². The third-order valence-electron chi connectivity index (χ3n) is 2.43. The molecular formula is C12H13NO2. The molecule has 0 fully saturated rings. The van der Waals surface area contributed by atoms with Crippen LogP contribution >= 0.6 is 0 Å². The molecule has 0 heterocycles. The van der Waals surface area contributed by atoms with Crippen molar-refractivity contribution in [2.45, 2.75) is 20.3 Å². The molecule has 0 saturated heterocycles. The van der Waals surface area contributed by atoms with E-state index in [2.05, 4.69) is 4.74 Å². The summed E-state index contributed by atoms with van der Waals surface area (Å²) < 4.78 is 4.67. The van der Waals surface area contributed by atoms with Gasteiger partial charge in [0.15, 0.2) is 0 Å². The van der Waals surface area contributed by atoms with E-state index in [1.165, 1.54) is 7.11 Å². The third kappa shape index (κ3) is 2.16. The van der Waals surface area contributed by atoms with Crippen molar-refractivity contribution in [3.8, 4) is 6.07 Å². The van der Waals surface area contributed by atoms with Crippen LogP contribution in [0.1, 0.15) is 34.0 Å². The van der Waals surface area contributed by atoms with Gasteiger partial charge in [-0.3, -0.25) is 0 Å². The molecule has 0 spiro atoms. The molecule has 1 rings (SSSR count). The predicted molar refractivity (Wildman–Crippen MR) is 56.6 cm³/mol. The van der Waals surface area contributed by atoms with Crippen LogP contribution in [0.5, 0.6) is 0 Å². The lowest BCUT2D eigenvalue weighted by Crippen LogP contribution is -2.06. The molecule has 3 nitrogen and oxygen atoms in total. The van der Waals surface area contributed by atoms with Gasteiger partial charge in [-0.05, 0) is 36.6 Å². The van der Waals surface area contributed by atoms with E-state index < -0.39 is 0 Å². The van der Waals surface area contributed by atoms with Crippen molar-refractivity contribution in [3.05, 3.63) is 34.4 Å². The highest BCUT2D eigenvalue weighted by atomic mass is 16.5. The summed E-state index contributed by atoms with van der Waals surface area (Å²) in [6.07, 6.45) is 0.797. The summed E-state index contributed by atoms with van der Waals surface area (Å²) in [6, 6.07) is 5.42. The standard InChI is InChI=1S/C12H13NO2/c1-4-10-5-9(7-13)6-11(8(10)2)12(14)15-3/h5-6H,4H2,1-3H3. The zero-order valence-corrected chi connectivity index (χ0v) is 9.13.